The van der Waals surface area contributed by atoms with Gasteiger partial charge >= 0.3 is 0 Å². The lowest BCUT2D eigenvalue weighted by Crippen LogP contribution is -2.13. The Kier molecular flexibility index (Phi) is 5.14. The first-order valence-corrected chi connectivity index (χ1v) is 7.49. The number of hydrogen-bond donors (Lipinski definition) is 1. The smallest absolute Gasteiger partial charge is 0.243 e. The van der Waals surface area contributed by atoms with Crippen molar-refractivity contribution < 1.29 is 8.91 Å². The summed E-state index contributed by atoms with van der Waals surface area (Å²) in [5.41, 5.74) is 5.98. The van der Waals surface area contributed by atoms with E-state index in [1.165, 1.54) is 23.9 Å². The Labute approximate surface area is 121 Å². The fourth-order valence-corrected chi connectivity index (χ4v) is 2.57. The third-order valence-electron chi connectivity index (χ3n) is 2.69. The number of nitrogens with zero attached hydrogens (tertiary/aromatic N) is 2. The van der Waals surface area contributed by atoms with Gasteiger partial charge in [0.25, 0.3) is 0 Å². The molecule has 1 heterocycles. The maximum Gasteiger partial charge on any atom is 0.243 e. The number of nitrogens with two attached hydrogens (primary N) is 1. The molecule has 0 radical (unpaired) electrons. The van der Waals surface area contributed by atoms with E-state index in [1.54, 1.807) is 6.07 Å². The number of halogens is 1. The largest absolute Gasteiger partial charge is 0.338 e. The average Bonchev–Trinajstić information content (AvgIpc) is 2.84. The second-order valence-corrected chi connectivity index (χ2v) is 6.08. The second-order valence-electron chi connectivity index (χ2n) is 5.03. The van der Waals surface area contributed by atoms with Gasteiger partial charge in [-0.15, -0.1) is 11.8 Å². The molecule has 108 valence electrons. The monoisotopic (exact) mass is 295 g/mol. The van der Waals surface area contributed by atoms with E-state index in [1.807, 2.05) is 6.07 Å². The molecule has 0 fully saturated rings. The van der Waals surface area contributed by atoms with E-state index in [0.29, 0.717) is 23.4 Å². The second kappa shape index (κ2) is 6.85. The molecule has 1 aromatic heterocycles. The van der Waals surface area contributed by atoms with Gasteiger partial charge in [-0.3, -0.25) is 0 Å². The van der Waals surface area contributed by atoms with Crippen LogP contribution in [-0.2, 0) is 5.75 Å². The highest BCUT2D eigenvalue weighted by Crippen LogP contribution is 2.23. The van der Waals surface area contributed by atoms with Crippen molar-refractivity contribution in [1.29, 1.82) is 0 Å². The molecule has 1 aromatic carbocycles. The third kappa shape index (κ3) is 4.31. The number of thioether (sulfide) groups is 1. The van der Waals surface area contributed by atoms with Crippen LogP contribution in [0.5, 0.6) is 0 Å². The van der Waals surface area contributed by atoms with Gasteiger partial charge in [-0.05, 0) is 30.5 Å². The molecule has 1 unspecified atom stereocenters. The minimum absolute atomic E-state index is 0.226. The van der Waals surface area contributed by atoms with E-state index in [9.17, 15) is 4.39 Å². The Bertz CT molecular complexity index is 559. The molecule has 0 spiro atoms. The number of rotatable bonds is 6. The predicted molar refractivity (Wildman–Crippen MR) is 76.6 cm³/mol. The van der Waals surface area contributed by atoms with Gasteiger partial charge in [0, 0.05) is 4.90 Å². The molecule has 6 heteroatoms. The molecule has 1 atom stereocenters. The van der Waals surface area contributed by atoms with Crippen molar-refractivity contribution in [3.63, 3.8) is 0 Å². The molecule has 2 aromatic rings. The molecule has 20 heavy (non-hydrogen) atoms. The van der Waals surface area contributed by atoms with Gasteiger partial charge in [0.05, 0.1) is 11.8 Å². The lowest BCUT2D eigenvalue weighted by Gasteiger charge is -2.08. The SMILES string of the molecule is CC(C)CC(N)c1nc(CSc2cccc(F)c2)no1. The van der Waals surface area contributed by atoms with E-state index >= 15 is 0 Å². The summed E-state index contributed by atoms with van der Waals surface area (Å²) >= 11 is 1.46. The van der Waals surface area contributed by atoms with Gasteiger partial charge < -0.3 is 10.3 Å². The van der Waals surface area contributed by atoms with Crippen LogP contribution in [0.15, 0.2) is 33.7 Å². The zero-order valence-corrected chi connectivity index (χ0v) is 12.4. The van der Waals surface area contributed by atoms with E-state index < -0.39 is 0 Å². The van der Waals surface area contributed by atoms with Crippen LogP contribution in [0.1, 0.15) is 38.0 Å². The summed E-state index contributed by atoms with van der Waals surface area (Å²) in [5, 5.41) is 3.90. The van der Waals surface area contributed by atoms with Crippen molar-refractivity contribution in [2.75, 3.05) is 0 Å². The average molecular weight is 295 g/mol. The summed E-state index contributed by atoms with van der Waals surface area (Å²) in [4.78, 5) is 5.12. The topological polar surface area (TPSA) is 64.9 Å². The van der Waals surface area contributed by atoms with E-state index in [0.717, 1.165) is 11.3 Å². The summed E-state index contributed by atoms with van der Waals surface area (Å²) in [6, 6.07) is 6.20. The first-order chi connectivity index (χ1) is 9.54. The fourth-order valence-electron chi connectivity index (χ4n) is 1.79. The zero-order valence-electron chi connectivity index (χ0n) is 11.5. The Morgan fingerprint density at radius 3 is 2.90 bits per heavy atom. The summed E-state index contributed by atoms with van der Waals surface area (Å²) < 4.78 is 18.2. The lowest BCUT2D eigenvalue weighted by molar-refractivity contribution is 0.333. The molecule has 2 rings (SSSR count). The van der Waals surface area contributed by atoms with Gasteiger partial charge in [-0.2, -0.15) is 4.98 Å². The highest BCUT2D eigenvalue weighted by molar-refractivity contribution is 7.98. The highest BCUT2D eigenvalue weighted by atomic mass is 32.2. The van der Waals surface area contributed by atoms with Gasteiger partial charge in [0.2, 0.25) is 5.89 Å². The molecule has 0 amide bonds. The van der Waals surface area contributed by atoms with Crippen LogP contribution in [0, 0.1) is 11.7 Å². The summed E-state index contributed by atoms with van der Waals surface area (Å²) in [6.07, 6.45) is 0.804. The molecule has 4 nitrogen and oxygen atoms in total. The Balaban J connectivity index is 1.93. The molecular weight excluding hydrogens is 277 g/mol. The fraction of sp³-hybridized carbons (Fsp3) is 0.429. The molecule has 0 aliphatic carbocycles. The lowest BCUT2D eigenvalue weighted by atomic mass is 10.0. The van der Waals surface area contributed by atoms with Crippen molar-refractivity contribution in [2.45, 2.75) is 37.0 Å². The standard InChI is InChI=1S/C14H18FN3OS/c1-9(2)6-12(16)14-17-13(18-19-14)8-20-11-5-3-4-10(15)7-11/h3-5,7,9,12H,6,8,16H2,1-2H3. The van der Waals surface area contributed by atoms with Crippen LogP contribution in [-0.4, -0.2) is 10.1 Å². The van der Waals surface area contributed by atoms with Gasteiger partial charge in [0.15, 0.2) is 5.82 Å². The van der Waals surface area contributed by atoms with E-state index in [-0.39, 0.29) is 11.9 Å². The van der Waals surface area contributed by atoms with Crippen LogP contribution in [0.25, 0.3) is 0 Å². The maximum atomic E-state index is 13.0. The Morgan fingerprint density at radius 2 is 2.20 bits per heavy atom. The van der Waals surface area contributed by atoms with Crippen molar-refractivity contribution >= 4 is 11.8 Å². The van der Waals surface area contributed by atoms with Crippen LogP contribution >= 0.6 is 11.8 Å². The van der Waals surface area contributed by atoms with Crippen LogP contribution in [0.4, 0.5) is 4.39 Å². The number of aromatic nitrogens is 2. The molecule has 0 saturated carbocycles. The normalized spacial score (nSPS) is 12.8. The summed E-state index contributed by atoms with van der Waals surface area (Å²) in [5.74, 6) is 1.80. The molecule has 0 bridgehead atoms. The van der Waals surface area contributed by atoms with Crippen LogP contribution < -0.4 is 5.73 Å². The summed E-state index contributed by atoms with van der Waals surface area (Å²) in [6.45, 7) is 4.19. The molecule has 2 N–H and O–H groups in total. The van der Waals surface area contributed by atoms with Gasteiger partial charge in [-0.1, -0.05) is 25.1 Å². The van der Waals surface area contributed by atoms with Crippen LogP contribution in [0.3, 0.4) is 0 Å². The number of benzene rings is 1. The van der Waals surface area contributed by atoms with Crippen molar-refractivity contribution in [2.24, 2.45) is 11.7 Å². The number of hydrogen-bond acceptors (Lipinski definition) is 5. The van der Waals surface area contributed by atoms with Crippen molar-refractivity contribution in [3.8, 4) is 0 Å². The highest BCUT2D eigenvalue weighted by Gasteiger charge is 2.16. The van der Waals surface area contributed by atoms with Gasteiger partial charge in [-0.25, -0.2) is 4.39 Å². The maximum absolute atomic E-state index is 13.0. The van der Waals surface area contributed by atoms with Gasteiger partial charge in [0.1, 0.15) is 5.82 Å². The Morgan fingerprint density at radius 1 is 1.40 bits per heavy atom. The first-order valence-electron chi connectivity index (χ1n) is 6.51. The Hall–Kier alpha value is -1.40. The minimum Gasteiger partial charge on any atom is -0.338 e. The molecule has 0 aliphatic heterocycles. The van der Waals surface area contributed by atoms with Crippen molar-refractivity contribution in [1.82, 2.24) is 10.1 Å². The zero-order chi connectivity index (χ0) is 14.5. The molecular formula is C14H18FN3OS. The minimum atomic E-state index is -0.247. The third-order valence-corrected chi connectivity index (χ3v) is 3.68. The quantitative estimate of drug-likeness (QED) is 0.826. The van der Waals surface area contributed by atoms with Crippen molar-refractivity contribution in [3.05, 3.63) is 41.8 Å². The molecule has 0 aliphatic rings. The first kappa shape index (κ1) is 15.0. The van der Waals surface area contributed by atoms with Crippen LogP contribution in [0.2, 0.25) is 0 Å². The van der Waals surface area contributed by atoms with E-state index in [4.69, 9.17) is 10.3 Å². The van der Waals surface area contributed by atoms with E-state index in [2.05, 4.69) is 24.0 Å². The summed E-state index contributed by atoms with van der Waals surface area (Å²) in [7, 11) is 0. The molecule has 0 saturated heterocycles. The predicted octanol–water partition coefficient (Wildman–Crippen LogP) is 3.55.